The molecule has 1 rings (SSSR count). The van der Waals surface area contributed by atoms with E-state index in [9.17, 15) is 0 Å². The Bertz CT molecular complexity index is 174. The lowest BCUT2D eigenvalue weighted by Crippen LogP contribution is -2.23. The lowest BCUT2D eigenvalue weighted by atomic mass is 10.5. The quantitative estimate of drug-likeness (QED) is 0.498. The molecule has 0 saturated heterocycles. The third-order valence-corrected chi connectivity index (χ3v) is 1.65. The molecule has 0 aromatic rings. The van der Waals surface area contributed by atoms with Gasteiger partial charge >= 0.3 is 0 Å². The fourth-order valence-electron chi connectivity index (χ4n) is 0.534. The molecule has 0 unspecified atom stereocenters. The predicted octanol–water partition coefficient (Wildman–Crippen LogP) is 1.61. The van der Waals surface area contributed by atoms with Crippen LogP contribution in [-0.2, 0) is 0 Å². The lowest BCUT2D eigenvalue weighted by Gasteiger charge is -2.18. The van der Waals surface area contributed by atoms with Crippen molar-refractivity contribution in [2.24, 2.45) is 4.99 Å². The van der Waals surface area contributed by atoms with Crippen molar-refractivity contribution in [1.29, 1.82) is 0 Å². The Kier molecular flexibility index (Phi) is 1.98. The molecule has 50 valence electrons. The SMILES string of the molecule is CN1CC(Cl)=NC=C1Cl. The van der Waals surface area contributed by atoms with E-state index in [0.717, 1.165) is 0 Å². The van der Waals surface area contributed by atoms with E-state index in [4.69, 9.17) is 23.2 Å². The topological polar surface area (TPSA) is 15.6 Å². The number of hydrogen-bond acceptors (Lipinski definition) is 2. The van der Waals surface area contributed by atoms with Crippen LogP contribution in [-0.4, -0.2) is 23.7 Å². The molecule has 0 fully saturated rings. The highest BCUT2D eigenvalue weighted by Crippen LogP contribution is 2.12. The van der Waals surface area contributed by atoms with E-state index in [-0.39, 0.29) is 0 Å². The third-order valence-electron chi connectivity index (χ3n) is 1.04. The summed E-state index contributed by atoms with van der Waals surface area (Å²) in [7, 11) is 1.86. The highest BCUT2D eigenvalue weighted by Gasteiger charge is 2.07. The van der Waals surface area contributed by atoms with Crippen LogP contribution in [0.4, 0.5) is 0 Å². The number of rotatable bonds is 0. The van der Waals surface area contributed by atoms with E-state index in [0.29, 0.717) is 16.9 Å². The second kappa shape index (κ2) is 2.58. The van der Waals surface area contributed by atoms with Crippen molar-refractivity contribution in [3.8, 4) is 0 Å². The molecule has 0 aromatic heterocycles. The minimum Gasteiger partial charge on any atom is -0.357 e. The first kappa shape index (κ1) is 6.90. The first-order valence-electron chi connectivity index (χ1n) is 2.49. The number of hydrogen-bond donors (Lipinski definition) is 0. The largest absolute Gasteiger partial charge is 0.357 e. The van der Waals surface area contributed by atoms with Crippen LogP contribution in [0.25, 0.3) is 0 Å². The van der Waals surface area contributed by atoms with Crippen molar-refractivity contribution >= 4 is 28.4 Å². The zero-order chi connectivity index (χ0) is 6.85. The smallest absolute Gasteiger partial charge is 0.125 e. The zero-order valence-corrected chi connectivity index (χ0v) is 6.45. The van der Waals surface area contributed by atoms with E-state index < -0.39 is 0 Å². The fraction of sp³-hybridized carbons (Fsp3) is 0.400. The summed E-state index contributed by atoms with van der Waals surface area (Å²) in [6.45, 7) is 0.608. The van der Waals surface area contributed by atoms with E-state index in [1.807, 2.05) is 11.9 Å². The van der Waals surface area contributed by atoms with E-state index >= 15 is 0 Å². The lowest BCUT2D eigenvalue weighted by molar-refractivity contribution is 0.504. The van der Waals surface area contributed by atoms with Crippen molar-refractivity contribution in [3.63, 3.8) is 0 Å². The molecular weight excluding hydrogens is 159 g/mol. The van der Waals surface area contributed by atoms with Gasteiger partial charge in [0.15, 0.2) is 0 Å². The monoisotopic (exact) mass is 164 g/mol. The normalized spacial score (nSPS) is 19.2. The van der Waals surface area contributed by atoms with Crippen LogP contribution in [0.1, 0.15) is 0 Å². The molecule has 1 aliphatic heterocycles. The zero-order valence-electron chi connectivity index (χ0n) is 4.93. The molecule has 2 nitrogen and oxygen atoms in total. The summed E-state index contributed by atoms with van der Waals surface area (Å²) in [4.78, 5) is 5.62. The van der Waals surface area contributed by atoms with Crippen LogP contribution in [0.2, 0.25) is 0 Å². The van der Waals surface area contributed by atoms with Crippen LogP contribution in [0.15, 0.2) is 16.3 Å². The fourth-order valence-corrected chi connectivity index (χ4v) is 0.871. The molecule has 0 spiro atoms. The maximum absolute atomic E-state index is 5.65. The molecule has 0 bridgehead atoms. The molecule has 0 aromatic carbocycles. The highest BCUT2D eigenvalue weighted by molar-refractivity contribution is 6.66. The summed E-state index contributed by atoms with van der Waals surface area (Å²) in [6.07, 6.45) is 1.54. The van der Waals surface area contributed by atoms with Crippen LogP contribution in [0, 0.1) is 0 Å². The molecule has 0 N–H and O–H groups in total. The van der Waals surface area contributed by atoms with Crippen LogP contribution < -0.4 is 0 Å². The van der Waals surface area contributed by atoms with Crippen molar-refractivity contribution in [1.82, 2.24) is 4.90 Å². The standard InChI is InChI=1S/C5H6Cl2N2/c1-9-3-4(6)8-2-5(9)7/h2H,3H2,1H3. The average molecular weight is 165 g/mol. The van der Waals surface area contributed by atoms with E-state index in [2.05, 4.69) is 4.99 Å². The molecule has 1 heterocycles. The van der Waals surface area contributed by atoms with Gasteiger partial charge in [0.1, 0.15) is 10.3 Å². The van der Waals surface area contributed by atoms with Crippen LogP contribution in [0.5, 0.6) is 0 Å². The Labute approximate surface area is 63.8 Å². The third kappa shape index (κ3) is 1.60. The summed E-state index contributed by atoms with van der Waals surface area (Å²) in [5, 5.41) is 1.20. The maximum Gasteiger partial charge on any atom is 0.125 e. The molecule has 0 atom stereocenters. The van der Waals surface area contributed by atoms with Gasteiger partial charge in [0.05, 0.1) is 12.7 Å². The van der Waals surface area contributed by atoms with Gasteiger partial charge in [-0.3, -0.25) is 0 Å². The molecule has 0 radical (unpaired) electrons. The van der Waals surface area contributed by atoms with Gasteiger partial charge in [-0.1, -0.05) is 23.2 Å². The van der Waals surface area contributed by atoms with Gasteiger partial charge in [-0.05, 0) is 0 Å². The molecule has 9 heavy (non-hydrogen) atoms. The van der Waals surface area contributed by atoms with E-state index in [1.165, 1.54) is 6.20 Å². The van der Waals surface area contributed by atoms with Crippen molar-refractivity contribution in [2.45, 2.75) is 0 Å². The summed E-state index contributed by atoms with van der Waals surface area (Å²) < 4.78 is 0. The summed E-state index contributed by atoms with van der Waals surface area (Å²) in [6, 6.07) is 0. The van der Waals surface area contributed by atoms with Gasteiger partial charge in [0.25, 0.3) is 0 Å². The Hall–Kier alpha value is -0.210. The van der Waals surface area contributed by atoms with Gasteiger partial charge in [-0.2, -0.15) is 0 Å². The molecule has 0 amide bonds. The Balaban J connectivity index is 2.74. The Morgan fingerprint density at radius 1 is 1.67 bits per heavy atom. The second-order valence-corrected chi connectivity index (χ2v) is 2.64. The van der Waals surface area contributed by atoms with Crippen LogP contribution in [0.3, 0.4) is 0 Å². The Morgan fingerprint density at radius 3 is 2.78 bits per heavy atom. The minimum atomic E-state index is 0.571. The van der Waals surface area contributed by atoms with Crippen molar-refractivity contribution < 1.29 is 0 Å². The van der Waals surface area contributed by atoms with Gasteiger partial charge in [-0.25, -0.2) is 4.99 Å². The van der Waals surface area contributed by atoms with Crippen molar-refractivity contribution in [2.75, 3.05) is 13.6 Å². The molecule has 1 aliphatic rings. The average Bonchev–Trinajstić information content (AvgIpc) is 1.80. The predicted molar refractivity (Wildman–Crippen MR) is 39.9 cm³/mol. The molecular formula is C5H6Cl2N2. The molecule has 0 saturated carbocycles. The van der Waals surface area contributed by atoms with Gasteiger partial charge in [-0.15, -0.1) is 0 Å². The first-order valence-corrected chi connectivity index (χ1v) is 3.24. The second-order valence-electron chi connectivity index (χ2n) is 1.81. The summed E-state index contributed by atoms with van der Waals surface area (Å²) in [5.74, 6) is 0. The first-order chi connectivity index (χ1) is 4.20. The summed E-state index contributed by atoms with van der Waals surface area (Å²) in [5.41, 5.74) is 0. The molecule has 0 aliphatic carbocycles. The number of nitrogens with zero attached hydrogens (tertiary/aromatic N) is 2. The number of aliphatic imine (C=N–C) groups is 1. The number of halogens is 2. The van der Waals surface area contributed by atoms with Gasteiger partial charge in [0.2, 0.25) is 0 Å². The highest BCUT2D eigenvalue weighted by atomic mass is 35.5. The Morgan fingerprint density at radius 2 is 2.33 bits per heavy atom. The van der Waals surface area contributed by atoms with Crippen molar-refractivity contribution in [3.05, 3.63) is 11.4 Å². The summed E-state index contributed by atoms with van der Waals surface area (Å²) >= 11 is 11.2. The maximum atomic E-state index is 5.65. The van der Waals surface area contributed by atoms with E-state index in [1.54, 1.807) is 0 Å². The van der Waals surface area contributed by atoms with Crippen LogP contribution >= 0.6 is 23.2 Å². The minimum absolute atomic E-state index is 0.571. The van der Waals surface area contributed by atoms with Gasteiger partial charge < -0.3 is 4.90 Å². The van der Waals surface area contributed by atoms with Gasteiger partial charge in [0, 0.05) is 7.05 Å². The molecule has 4 heteroatoms.